The minimum atomic E-state index is -3.68. The quantitative estimate of drug-likeness (QED) is 0.609. The fourth-order valence-electron chi connectivity index (χ4n) is 2.52. The molecule has 0 spiro atoms. The summed E-state index contributed by atoms with van der Waals surface area (Å²) < 4.78 is 31.6. The van der Waals surface area contributed by atoms with E-state index in [1.807, 2.05) is 24.3 Å². The fourth-order valence-corrected chi connectivity index (χ4v) is 3.76. The summed E-state index contributed by atoms with van der Waals surface area (Å²) in [5.41, 5.74) is 2.04. The molecule has 2 aromatic carbocycles. The van der Waals surface area contributed by atoms with Gasteiger partial charge in [-0.3, -0.25) is 0 Å². The Labute approximate surface area is 163 Å². The summed E-state index contributed by atoms with van der Waals surface area (Å²) in [5, 5.41) is 4.43. The van der Waals surface area contributed by atoms with Crippen molar-refractivity contribution in [3.63, 3.8) is 0 Å². The molecular formula is C19H20ClN3O3S. The second kappa shape index (κ2) is 7.80. The van der Waals surface area contributed by atoms with Crippen LogP contribution >= 0.6 is 11.6 Å². The number of nitrogens with zero attached hydrogens (tertiary/aromatic N) is 3. The molecule has 1 aromatic heterocycles. The number of benzene rings is 2. The zero-order valence-corrected chi connectivity index (χ0v) is 16.8. The first-order chi connectivity index (χ1) is 12.8. The van der Waals surface area contributed by atoms with Crippen molar-refractivity contribution in [2.45, 2.75) is 31.2 Å². The van der Waals surface area contributed by atoms with Crippen LogP contribution in [0.3, 0.4) is 0 Å². The molecular weight excluding hydrogens is 386 g/mol. The number of hydrogen-bond acceptors (Lipinski definition) is 5. The highest BCUT2D eigenvalue weighted by atomic mass is 35.5. The first-order valence-electron chi connectivity index (χ1n) is 8.42. The maximum atomic E-state index is 12.6. The highest BCUT2D eigenvalue weighted by Crippen LogP contribution is 2.22. The normalized spacial score (nSPS) is 12.1. The molecule has 0 aliphatic carbocycles. The lowest BCUT2D eigenvalue weighted by Crippen LogP contribution is -2.26. The van der Waals surface area contributed by atoms with E-state index in [2.05, 4.69) is 24.0 Å². The van der Waals surface area contributed by atoms with Gasteiger partial charge < -0.3 is 4.52 Å². The molecule has 0 saturated carbocycles. The van der Waals surface area contributed by atoms with E-state index in [0.29, 0.717) is 16.8 Å². The highest BCUT2D eigenvalue weighted by molar-refractivity contribution is 7.89. The van der Waals surface area contributed by atoms with Crippen molar-refractivity contribution in [3.05, 3.63) is 65.0 Å². The number of halogens is 1. The largest absolute Gasteiger partial charge is 0.338 e. The van der Waals surface area contributed by atoms with Gasteiger partial charge in [-0.2, -0.15) is 9.29 Å². The molecule has 0 amide bonds. The minimum Gasteiger partial charge on any atom is -0.338 e. The van der Waals surface area contributed by atoms with Crippen LogP contribution in [0.2, 0.25) is 5.02 Å². The van der Waals surface area contributed by atoms with Gasteiger partial charge in [0.1, 0.15) is 0 Å². The van der Waals surface area contributed by atoms with Gasteiger partial charge >= 0.3 is 0 Å². The number of sulfonamides is 1. The van der Waals surface area contributed by atoms with Crippen LogP contribution in [-0.2, 0) is 16.6 Å². The lowest BCUT2D eigenvalue weighted by atomic mass is 10.0. The summed E-state index contributed by atoms with van der Waals surface area (Å²) in [6.45, 7) is 4.22. The fraction of sp³-hybridized carbons (Fsp3) is 0.263. The van der Waals surface area contributed by atoms with E-state index in [1.54, 1.807) is 0 Å². The highest BCUT2D eigenvalue weighted by Gasteiger charge is 2.23. The van der Waals surface area contributed by atoms with Gasteiger partial charge in [0.15, 0.2) is 0 Å². The Morgan fingerprint density at radius 2 is 1.70 bits per heavy atom. The van der Waals surface area contributed by atoms with Crippen LogP contribution in [0.15, 0.2) is 57.9 Å². The summed E-state index contributed by atoms with van der Waals surface area (Å²) in [7, 11) is -2.21. The summed E-state index contributed by atoms with van der Waals surface area (Å²) >= 11 is 5.82. The predicted octanol–water partition coefficient (Wildman–Crippen LogP) is 4.33. The van der Waals surface area contributed by atoms with Gasteiger partial charge in [0.25, 0.3) is 0 Å². The molecule has 0 fully saturated rings. The van der Waals surface area contributed by atoms with Crippen LogP contribution in [0, 0.1) is 0 Å². The van der Waals surface area contributed by atoms with Crippen molar-refractivity contribution in [2.24, 2.45) is 0 Å². The molecule has 27 heavy (non-hydrogen) atoms. The summed E-state index contributed by atoms with van der Waals surface area (Å²) in [6.07, 6.45) is 0. The van der Waals surface area contributed by atoms with Crippen LogP contribution in [0.25, 0.3) is 11.4 Å². The first kappa shape index (κ1) is 19.5. The van der Waals surface area contributed by atoms with E-state index in [4.69, 9.17) is 16.1 Å². The third kappa shape index (κ3) is 4.37. The topological polar surface area (TPSA) is 76.3 Å². The Morgan fingerprint density at radius 1 is 1.07 bits per heavy atom. The Balaban J connectivity index is 1.75. The Kier molecular flexibility index (Phi) is 5.64. The minimum absolute atomic E-state index is 0.0258. The predicted molar refractivity (Wildman–Crippen MR) is 104 cm³/mol. The van der Waals surface area contributed by atoms with Gasteiger partial charge in [-0.25, -0.2) is 8.42 Å². The molecule has 8 heteroatoms. The van der Waals surface area contributed by atoms with Crippen LogP contribution in [0.4, 0.5) is 0 Å². The van der Waals surface area contributed by atoms with E-state index in [1.165, 1.54) is 36.9 Å². The molecule has 0 aliphatic heterocycles. The van der Waals surface area contributed by atoms with Gasteiger partial charge in [-0.1, -0.05) is 54.9 Å². The van der Waals surface area contributed by atoms with E-state index in [-0.39, 0.29) is 17.3 Å². The molecule has 142 valence electrons. The van der Waals surface area contributed by atoms with Crippen LogP contribution in [-0.4, -0.2) is 29.9 Å². The SMILES string of the molecule is CC(C)c1ccc(-c2noc(CN(C)S(=O)(=O)c3ccc(Cl)cc3)n2)cc1. The van der Waals surface area contributed by atoms with Crippen molar-refractivity contribution in [1.82, 2.24) is 14.4 Å². The second-order valence-electron chi connectivity index (χ2n) is 6.50. The number of rotatable bonds is 6. The van der Waals surface area contributed by atoms with Gasteiger partial charge in [0.2, 0.25) is 21.7 Å². The van der Waals surface area contributed by atoms with Crippen LogP contribution in [0.5, 0.6) is 0 Å². The van der Waals surface area contributed by atoms with Crippen molar-refractivity contribution in [3.8, 4) is 11.4 Å². The molecule has 6 nitrogen and oxygen atoms in total. The van der Waals surface area contributed by atoms with E-state index >= 15 is 0 Å². The van der Waals surface area contributed by atoms with Crippen molar-refractivity contribution < 1.29 is 12.9 Å². The average molecular weight is 406 g/mol. The van der Waals surface area contributed by atoms with Gasteiger partial charge in [-0.05, 0) is 35.7 Å². The third-order valence-electron chi connectivity index (χ3n) is 4.18. The van der Waals surface area contributed by atoms with Crippen LogP contribution in [0.1, 0.15) is 31.2 Å². The average Bonchev–Trinajstić information content (AvgIpc) is 3.10. The van der Waals surface area contributed by atoms with Crippen molar-refractivity contribution in [1.29, 1.82) is 0 Å². The molecule has 3 aromatic rings. The molecule has 3 rings (SSSR count). The number of aromatic nitrogens is 2. The summed E-state index contributed by atoms with van der Waals surface area (Å²) in [4.78, 5) is 4.46. The van der Waals surface area contributed by atoms with Crippen molar-refractivity contribution in [2.75, 3.05) is 7.05 Å². The Bertz CT molecular complexity index is 1010. The summed E-state index contributed by atoms with van der Waals surface area (Å²) in [5.74, 6) is 1.09. The molecule has 0 saturated heterocycles. The zero-order valence-electron chi connectivity index (χ0n) is 15.3. The first-order valence-corrected chi connectivity index (χ1v) is 10.2. The van der Waals surface area contributed by atoms with E-state index in [0.717, 1.165) is 9.87 Å². The Hall–Kier alpha value is -2.22. The lowest BCUT2D eigenvalue weighted by Gasteiger charge is -2.14. The maximum Gasteiger partial charge on any atom is 0.243 e. The van der Waals surface area contributed by atoms with E-state index in [9.17, 15) is 8.42 Å². The van der Waals surface area contributed by atoms with Gasteiger partial charge in [-0.15, -0.1) is 0 Å². The maximum absolute atomic E-state index is 12.6. The molecule has 0 unspecified atom stereocenters. The summed E-state index contributed by atoms with van der Waals surface area (Å²) in [6, 6.07) is 13.9. The smallest absolute Gasteiger partial charge is 0.243 e. The van der Waals surface area contributed by atoms with Crippen molar-refractivity contribution >= 4 is 21.6 Å². The molecule has 0 aliphatic rings. The second-order valence-corrected chi connectivity index (χ2v) is 8.98. The number of hydrogen-bond donors (Lipinski definition) is 0. The zero-order chi connectivity index (χ0) is 19.6. The molecule has 0 radical (unpaired) electrons. The van der Waals surface area contributed by atoms with Gasteiger partial charge in [0.05, 0.1) is 11.4 Å². The standard InChI is InChI=1S/C19H20ClN3O3S/c1-13(2)14-4-6-15(7-5-14)19-21-18(26-22-19)12-23(3)27(24,25)17-10-8-16(20)9-11-17/h4-11,13H,12H2,1-3H3. The lowest BCUT2D eigenvalue weighted by molar-refractivity contribution is 0.337. The molecule has 0 N–H and O–H groups in total. The molecule has 0 bridgehead atoms. The van der Waals surface area contributed by atoms with E-state index < -0.39 is 10.0 Å². The van der Waals surface area contributed by atoms with Gasteiger partial charge in [0, 0.05) is 17.6 Å². The monoisotopic (exact) mass is 405 g/mol. The molecule has 0 atom stereocenters. The van der Waals surface area contributed by atoms with Crippen LogP contribution < -0.4 is 0 Å². The third-order valence-corrected chi connectivity index (χ3v) is 6.25. The Morgan fingerprint density at radius 3 is 2.30 bits per heavy atom. The molecule has 1 heterocycles.